The van der Waals surface area contributed by atoms with E-state index >= 15 is 0 Å². The summed E-state index contributed by atoms with van der Waals surface area (Å²) < 4.78 is 26.8. The summed E-state index contributed by atoms with van der Waals surface area (Å²) in [5.74, 6) is 0.416. The molecule has 0 bridgehead atoms. The lowest BCUT2D eigenvalue weighted by Gasteiger charge is -2.12. The highest BCUT2D eigenvalue weighted by atomic mass is 19.3. The summed E-state index contributed by atoms with van der Waals surface area (Å²) >= 11 is 0. The molecule has 1 heterocycles. The van der Waals surface area contributed by atoms with Gasteiger partial charge in [0.25, 0.3) is 6.43 Å². The zero-order valence-corrected chi connectivity index (χ0v) is 11.4. The zero-order valence-electron chi connectivity index (χ0n) is 11.4. The second-order valence-electron chi connectivity index (χ2n) is 5.02. The van der Waals surface area contributed by atoms with E-state index in [9.17, 15) is 8.78 Å². The minimum atomic E-state index is -2.51. The Morgan fingerprint density at radius 2 is 1.89 bits per heavy atom. The van der Waals surface area contributed by atoms with Crippen LogP contribution in [-0.2, 0) is 13.5 Å². The van der Waals surface area contributed by atoms with Crippen LogP contribution in [0.4, 0.5) is 8.78 Å². The lowest BCUT2D eigenvalue weighted by atomic mass is 9.94. The third-order valence-electron chi connectivity index (χ3n) is 3.27. The number of benzene rings is 1. The van der Waals surface area contributed by atoms with Crippen LogP contribution in [0, 0.1) is 0 Å². The van der Waals surface area contributed by atoms with Crippen LogP contribution in [0.25, 0.3) is 0 Å². The van der Waals surface area contributed by atoms with Crippen molar-refractivity contribution in [2.75, 3.05) is 0 Å². The van der Waals surface area contributed by atoms with Crippen LogP contribution in [0.15, 0.2) is 30.3 Å². The summed E-state index contributed by atoms with van der Waals surface area (Å²) in [5, 5.41) is 3.85. The lowest BCUT2D eigenvalue weighted by molar-refractivity contribution is 0.145. The van der Waals surface area contributed by atoms with E-state index in [0.29, 0.717) is 12.3 Å². The maximum atomic E-state index is 12.6. The summed E-state index contributed by atoms with van der Waals surface area (Å²) in [7, 11) is 1.71. The highest BCUT2D eigenvalue weighted by molar-refractivity contribution is 5.33. The molecule has 0 fully saturated rings. The largest absolute Gasteiger partial charge is 0.282 e. The predicted molar refractivity (Wildman–Crippen MR) is 71.5 cm³/mol. The van der Waals surface area contributed by atoms with E-state index in [-0.39, 0.29) is 5.69 Å². The van der Waals surface area contributed by atoms with Crippen molar-refractivity contribution in [1.82, 2.24) is 9.78 Å². The fourth-order valence-electron chi connectivity index (χ4n) is 2.26. The van der Waals surface area contributed by atoms with E-state index in [1.165, 1.54) is 17.2 Å². The summed E-state index contributed by atoms with van der Waals surface area (Å²) in [4.78, 5) is 0. The normalized spacial score (nSPS) is 11.5. The Morgan fingerprint density at radius 3 is 2.47 bits per heavy atom. The molecule has 0 saturated carbocycles. The summed E-state index contributed by atoms with van der Waals surface area (Å²) in [6, 6.07) is 9.61. The quantitative estimate of drug-likeness (QED) is 0.814. The number of aromatic nitrogens is 2. The average molecular weight is 264 g/mol. The molecule has 0 radical (unpaired) electrons. The Morgan fingerprint density at radius 1 is 1.21 bits per heavy atom. The van der Waals surface area contributed by atoms with E-state index in [1.807, 2.05) is 18.2 Å². The Labute approximate surface area is 112 Å². The van der Waals surface area contributed by atoms with Crippen molar-refractivity contribution in [3.8, 4) is 0 Å². The summed E-state index contributed by atoms with van der Waals surface area (Å²) in [5.41, 5.74) is 3.08. The summed E-state index contributed by atoms with van der Waals surface area (Å²) in [6.07, 6.45) is -1.88. The molecular formula is C15H18F2N2. The van der Waals surface area contributed by atoms with Crippen LogP contribution >= 0.6 is 0 Å². The van der Waals surface area contributed by atoms with Gasteiger partial charge in [-0.1, -0.05) is 38.1 Å². The number of alkyl halides is 2. The van der Waals surface area contributed by atoms with Gasteiger partial charge in [-0.3, -0.25) is 4.68 Å². The standard InChI is InChI=1S/C15H18F2N2/c1-10(2)13-7-5-4-6-11(13)8-12-9-14(15(16)17)18-19(12)3/h4-7,9-10,15H,8H2,1-3H3. The minimum absolute atomic E-state index is 0.153. The molecule has 0 aliphatic rings. The van der Waals surface area contributed by atoms with Gasteiger partial charge in [0.1, 0.15) is 5.69 Å². The molecule has 0 spiro atoms. The van der Waals surface area contributed by atoms with Gasteiger partial charge in [0.2, 0.25) is 0 Å². The second kappa shape index (κ2) is 5.51. The van der Waals surface area contributed by atoms with E-state index in [2.05, 4.69) is 25.0 Å². The van der Waals surface area contributed by atoms with Gasteiger partial charge >= 0.3 is 0 Å². The van der Waals surface area contributed by atoms with Crippen LogP contribution in [0.5, 0.6) is 0 Å². The van der Waals surface area contributed by atoms with Gasteiger partial charge in [0.05, 0.1) is 0 Å². The Kier molecular flexibility index (Phi) is 3.98. The predicted octanol–water partition coefficient (Wildman–Crippen LogP) is 4.07. The Balaban J connectivity index is 2.31. The van der Waals surface area contributed by atoms with Crippen LogP contribution in [0.1, 0.15) is 48.7 Å². The van der Waals surface area contributed by atoms with Gasteiger partial charge in [-0.15, -0.1) is 0 Å². The number of hydrogen-bond donors (Lipinski definition) is 0. The first kappa shape index (κ1) is 13.7. The maximum Gasteiger partial charge on any atom is 0.282 e. The van der Waals surface area contributed by atoms with Gasteiger partial charge < -0.3 is 0 Å². The highest BCUT2D eigenvalue weighted by Crippen LogP contribution is 2.24. The Hall–Kier alpha value is -1.71. The first-order chi connectivity index (χ1) is 8.99. The third-order valence-corrected chi connectivity index (χ3v) is 3.27. The van der Waals surface area contributed by atoms with E-state index in [0.717, 1.165) is 5.69 Å². The van der Waals surface area contributed by atoms with Crippen LogP contribution in [0.3, 0.4) is 0 Å². The zero-order chi connectivity index (χ0) is 14.0. The number of aryl methyl sites for hydroxylation is 1. The smallest absolute Gasteiger partial charge is 0.272 e. The molecule has 2 aromatic rings. The molecule has 0 amide bonds. The van der Waals surface area contributed by atoms with Crippen molar-refractivity contribution in [3.05, 3.63) is 52.8 Å². The van der Waals surface area contributed by atoms with E-state index < -0.39 is 6.43 Å². The molecule has 0 atom stereocenters. The SMILES string of the molecule is CC(C)c1ccccc1Cc1cc(C(F)F)nn1C. The molecular weight excluding hydrogens is 246 g/mol. The molecule has 19 heavy (non-hydrogen) atoms. The minimum Gasteiger partial charge on any atom is -0.272 e. The van der Waals surface area contributed by atoms with E-state index in [4.69, 9.17) is 0 Å². The number of halogens is 2. The van der Waals surface area contributed by atoms with Crippen molar-refractivity contribution >= 4 is 0 Å². The molecule has 2 rings (SSSR count). The molecule has 4 heteroatoms. The highest BCUT2D eigenvalue weighted by Gasteiger charge is 2.15. The van der Waals surface area contributed by atoms with Gasteiger partial charge in [-0.2, -0.15) is 5.10 Å². The molecule has 0 unspecified atom stereocenters. The van der Waals surface area contributed by atoms with Crippen molar-refractivity contribution < 1.29 is 8.78 Å². The van der Waals surface area contributed by atoms with Crippen LogP contribution in [-0.4, -0.2) is 9.78 Å². The molecule has 0 N–H and O–H groups in total. The van der Waals surface area contributed by atoms with Crippen LogP contribution < -0.4 is 0 Å². The first-order valence-corrected chi connectivity index (χ1v) is 6.37. The molecule has 1 aromatic carbocycles. The number of rotatable bonds is 4. The van der Waals surface area contributed by atoms with Gasteiger partial charge in [-0.25, -0.2) is 8.78 Å². The first-order valence-electron chi connectivity index (χ1n) is 6.37. The monoisotopic (exact) mass is 264 g/mol. The molecule has 1 aromatic heterocycles. The van der Waals surface area contributed by atoms with E-state index in [1.54, 1.807) is 11.7 Å². The molecule has 0 saturated heterocycles. The van der Waals surface area contributed by atoms with Crippen molar-refractivity contribution in [3.63, 3.8) is 0 Å². The Bertz CT molecular complexity index is 559. The second-order valence-corrected chi connectivity index (χ2v) is 5.02. The van der Waals surface area contributed by atoms with Gasteiger partial charge in [0.15, 0.2) is 0 Å². The van der Waals surface area contributed by atoms with Crippen LogP contribution in [0.2, 0.25) is 0 Å². The van der Waals surface area contributed by atoms with Crippen molar-refractivity contribution in [1.29, 1.82) is 0 Å². The maximum absolute atomic E-state index is 12.6. The fourth-order valence-corrected chi connectivity index (χ4v) is 2.26. The molecule has 102 valence electrons. The fraction of sp³-hybridized carbons (Fsp3) is 0.400. The molecule has 0 aliphatic carbocycles. The van der Waals surface area contributed by atoms with Crippen molar-refractivity contribution in [2.24, 2.45) is 7.05 Å². The lowest BCUT2D eigenvalue weighted by Crippen LogP contribution is -2.02. The number of nitrogens with zero attached hydrogens (tertiary/aromatic N) is 2. The van der Waals surface area contributed by atoms with Gasteiger partial charge in [-0.05, 0) is 23.1 Å². The number of hydrogen-bond acceptors (Lipinski definition) is 1. The topological polar surface area (TPSA) is 17.8 Å². The summed E-state index contributed by atoms with van der Waals surface area (Å²) in [6.45, 7) is 4.26. The van der Waals surface area contributed by atoms with Gasteiger partial charge in [0, 0.05) is 19.2 Å². The molecule has 2 nitrogen and oxygen atoms in total. The third kappa shape index (κ3) is 3.00. The average Bonchev–Trinajstić information content (AvgIpc) is 2.72. The molecule has 0 aliphatic heterocycles. The van der Waals surface area contributed by atoms with Crippen molar-refractivity contribution in [2.45, 2.75) is 32.6 Å².